The maximum Gasteiger partial charge on any atom is 0.134 e. The highest BCUT2D eigenvalue weighted by atomic mass is 16.3. The molecule has 0 saturated heterocycles. The molecule has 0 fully saturated rings. The molecule has 1 aromatic heterocycles. The third-order valence-corrected chi connectivity index (χ3v) is 2.92. The average molecular weight is 199 g/mol. The van der Waals surface area contributed by atoms with E-state index in [4.69, 9.17) is 4.42 Å². The molecule has 0 atom stereocenters. The van der Waals surface area contributed by atoms with E-state index in [1.807, 2.05) is 18.4 Å². The van der Waals surface area contributed by atoms with Crippen LogP contribution >= 0.6 is 0 Å². The van der Waals surface area contributed by atoms with E-state index in [9.17, 15) is 0 Å². The van der Waals surface area contributed by atoms with Gasteiger partial charge in [-0.2, -0.15) is 0 Å². The molecule has 0 radical (unpaired) electrons. The lowest BCUT2D eigenvalue weighted by atomic mass is 10.1. The summed E-state index contributed by atoms with van der Waals surface area (Å²) in [5, 5.41) is 1.22. The summed E-state index contributed by atoms with van der Waals surface area (Å²) in [6, 6.07) is 8.19. The summed E-state index contributed by atoms with van der Waals surface area (Å²) in [4.78, 5) is 2.29. The minimum absolute atomic E-state index is 0.975. The minimum atomic E-state index is 0.975. The number of hydrogen-bond donors (Lipinski definition) is 0. The molecule has 0 bridgehead atoms. The lowest BCUT2D eigenvalue weighted by Gasteiger charge is -2.06. The molecule has 1 aliphatic heterocycles. The van der Waals surface area contributed by atoms with E-state index in [0.29, 0.717) is 0 Å². The molecule has 2 heterocycles. The zero-order valence-electron chi connectivity index (χ0n) is 8.73. The number of fused-ring (bicyclic) bond motifs is 1. The van der Waals surface area contributed by atoms with E-state index < -0.39 is 0 Å². The molecule has 0 N–H and O–H groups in total. The number of likely N-dealkylation sites (N-methyl/N-ethyl adjacent to an activating group) is 1. The standard InChI is InChI=1S/C13H13NO/c1-14-7-6-10(8-14)12-9-15-13-5-3-2-4-11(12)13/h2-6,9H,7-8H2,1H3. The van der Waals surface area contributed by atoms with Crippen LogP contribution in [0.3, 0.4) is 0 Å². The van der Waals surface area contributed by atoms with Crippen LogP contribution in [0.15, 0.2) is 41.0 Å². The number of furan rings is 1. The summed E-state index contributed by atoms with van der Waals surface area (Å²) in [6.07, 6.45) is 4.15. The fourth-order valence-corrected chi connectivity index (χ4v) is 2.11. The largest absolute Gasteiger partial charge is 0.464 e. The molecule has 2 heteroatoms. The minimum Gasteiger partial charge on any atom is -0.464 e. The Morgan fingerprint density at radius 2 is 2.13 bits per heavy atom. The zero-order valence-corrected chi connectivity index (χ0v) is 8.73. The van der Waals surface area contributed by atoms with Gasteiger partial charge < -0.3 is 4.42 Å². The van der Waals surface area contributed by atoms with Gasteiger partial charge in [0.1, 0.15) is 5.58 Å². The van der Waals surface area contributed by atoms with Gasteiger partial charge >= 0.3 is 0 Å². The van der Waals surface area contributed by atoms with Gasteiger partial charge in [0.2, 0.25) is 0 Å². The summed E-state index contributed by atoms with van der Waals surface area (Å²) in [5.41, 5.74) is 3.60. The van der Waals surface area contributed by atoms with E-state index in [1.54, 1.807) is 0 Å². The molecule has 0 saturated carbocycles. The predicted octanol–water partition coefficient (Wildman–Crippen LogP) is 2.76. The molecule has 0 unspecified atom stereocenters. The summed E-state index contributed by atoms with van der Waals surface area (Å²) in [5.74, 6) is 0. The Hall–Kier alpha value is -1.54. The molecule has 76 valence electrons. The van der Waals surface area contributed by atoms with E-state index >= 15 is 0 Å². The average Bonchev–Trinajstić information content (AvgIpc) is 2.83. The van der Waals surface area contributed by atoms with E-state index in [1.165, 1.54) is 16.5 Å². The molecule has 15 heavy (non-hydrogen) atoms. The summed E-state index contributed by atoms with van der Waals surface area (Å²) in [6.45, 7) is 2.05. The molecule has 0 spiro atoms. The second-order valence-electron chi connectivity index (χ2n) is 4.07. The van der Waals surface area contributed by atoms with Crippen molar-refractivity contribution in [1.82, 2.24) is 4.90 Å². The Morgan fingerprint density at radius 3 is 2.93 bits per heavy atom. The second-order valence-corrected chi connectivity index (χ2v) is 4.07. The molecular formula is C13H13NO. The number of benzene rings is 1. The van der Waals surface area contributed by atoms with Crippen LogP contribution in [-0.2, 0) is 0 Å². The number of para-hydroxylation sites is 1. The molecular weight excluding hydrogens is 186 g/mol. The lowest BCUT2D eigenvalue weighted by molar-refractivity contribution is 0.438. The normalized spacial score (nSPS) is 17.3. The van der Waals surface area contributed by atoms with Gasteiger partial charge in [-0.1, -0.05) is 24.3 Å². The van der Waals surface area contributed by atoms with Crippen LogP contribution in [-0.4, -0.2) is 25.0 Å². The SMILES string of the molecule is CN1CC=C(c2coc3ccccc23)C1. The zero-order chi connectivity index (χ0) is 10.3. The number of hydrogen-bond acceptors (Lipinski definition) is 2. The molecule has 2 aromatic rings. The molecule has 1 aromatic carbocycles. The maximum atomic E-state index is 5.54. The maximum absolute atomic E-state index is 5.54. The highest BCUT2D eigenvalue weighted by Gasteiger charge is 2.15. The van der Waals surface area contributed by atoms with Gasteiger partial charge in [0.25, 0.3) is 0 Å². The van der Waals surface area contributed by atoms with E-state index in [2.05, 4.69) is 30.2 Å². The summed E-state index contributed by atoms with van der Waals surface area (Å²) < 4.78 is 5.54. The van der Waals surface area contributed by atoms with Gasteiger partial charge in [0, 0.05) is 24.0 Å². The number of rotatable bonds is 1. The third kappa shape index (κ3) is 1.38. The van der Waals surface area contributed by atoms with Crippen LogP contribution in [0.1, 0.15) is 5.56 Å². The van der Waals surface area contributed by atoms with E-state index in [0.717, 1.165) is 18.7 Å². The topological polar surface area (TPSA) is 16.4 Å². The molecule has 0 amide bonds. The van der Waals surface area contributed by atoms with Crippen LogP contribution in [0.4, 0.5) is 0 Å². The van der Waals surface area contributed by atoms with Crippen molar-refractivity contribution in [2.75, 3.05) is 20.1 Å². The number of nitrogens with zero attached hydrogens (tertiary/aromatic N) is 1. The van der Waals surface area contributed by atoms with Crippen molar-refractivity contribution in [2.24, 2.45) is 0 Å². The van der Waals surface area contributed by atoms with Crippen LogP contribution in [0, 0.1) is 0 Å². The predicted molar refractivity (Wildman–Crippen MR) is 61.7 cm³/mol. The molecule has 0 aliphatic carbocycles. The van der Waals surface area contributed by atoms with Gasteiger partial charge in [-0.05, 0) is 18.7 Å². The van der Waals surface area contributed by atoms with Gasteiger partial charge in [-0.25, -0.2) is 0 Å². The van der Waals surface area contributed by atoms with Crippen LogP contribution in [0.2, 0.25) is 0 Å². The first-order valence-corrected chi connectivity index (χ1v) is 5.19. The van der Waals surface area contributed by atoms with Crippen molar-refractivity contribution < 1.29 is 4.42 Å². The smallest absolute Gasteiger partial charge is 0.134 e. The van der Waals surface area contributed by atoms with E-state index in [-0.39, 0.29) is 0 Å². The lowest BCUT2D eigenvalue weighted by Crippen LogP contribution is -2.13. The first kappa shape index (κ1) is 8.74. The fraction of sp³-hybridized carbons (Fsp3) is 0.231. The fourth-order valence-electron chi connectivity index (χ4n) is 2.11. The Balaban J connectivity index is 2.12. The first-order valence-electron chi connectivity index (χ1n) is 5.19. The molecule has 1 aliphatic rings. The first-order chi connectivity index (χ1) is 7.34. The van der Waals surface area contributed by atoms with Crippen molar-refractivity contribution in [3.63, 3.8) is 0 Å². The molecule has 3 rings (SSSR count). The third-order valence-electron chi connectivity index (χ3n) is 2.92. The monoisotopic (exact) mass is 199 g/mol. The second kappa shape index (κ2) is 3.24. The van der Waals surface area contributed by atoms with Crippen molar-refractivity contribution in [3.05, 3.63) is 42.2 Å². The highest BCUT2D eigenvalue weighted by Crippen LogP contribution is 2.29. The van der Waals surface area contributed by atoms with Crippen molar-refractivity contribution >= 4 is 16.5 Å². The summed E-state index contributed by atoms with van der Waals surface area (Å²) >= 11 is 0. The van der Waals surface area contributed by atoms with Gasteiger partial charge in [-0.15, -0.1) is 0 Å². The Morgan fingerprint density at radius 1 is 1.27 bits per heavy atom. The van der Waals surface area contributed by atoms with Crippen LogP contribution in [0.25, 0.3) is 16.5 Å². The quantitative estimate of drug-likeness (QED) is 0.702. The van der Waals surface area contributed by atoms with Crippen molar-refractivity contribution in [2.45, 2.75) is 0 Å². The highest BCUT2D eigenvalue weighted by molar-refractivity contribution is 5.91. The van der Waals surface area contributed by atoms with Gasteiger partial charge in [-0.3, -0.25) is 4.90 Å². The van der Waals surface area contributed by atoms with Crippen LogP contribution in [0.5, 0.6) is 0 Å². The van der Waals surface area contributed by atoms with Crippen LogP contribution < -0.4 is 0 Å². The van der Waals surface area contributed by atoms with Crippen molar-refractivity contribution in [1.29, 1.82) is 0 Å². The summed E-state index contributed by atoms with van der Waals surface area (Å²) in [7, 11) is 2.13. The Labute approximate surface area is 88.8 Å². The Bertz CT molecular complexity index is 524. The van der Waals surface area contributed by atoms with Gasteiger partial charge in [0.15, 0.2) is 0 Å². The van der Waals surface area contributed by atoms with Crippen molar-refractivity contribution in [3.8, 4) is 0 Å². The molecule has 2 nitrogen and oxygen atoms in total. The van der Waals surface area contributed by atoms with Gasteiger partial charge in [0.05, 0.1) is 6.26 Å². The Kier molecular flexibility index (Phi) is 1.89.